The van der Waals surface area contributed by atoms with Crippen molar-refractivity contribution in [1.82, 2.24) is 0 Å². The molecule has 0 spiro atoms. The standard InChI is InChI=1S/C8H20N.C7H7Cl/c1-5-9(6-2,7-3)8-4;8-6-7-4-2-1-3-5-7/h5-8H2,1-4H3;1-5H,6H2/q+1;. The minimum Gasteiger partial charge on any atom is -0.325 e. The van der Waals surface area contributed by atoms with E-state index in [1.165, 1.54) is 36.2 Å². The van der Waals surface area contributed by atoms with Gasteiger partial charge in [-0.05, 0) is 33.3 Å². The molecule has 0 N–H and O–H groups in total. The summed E-state index contributed by atoms with van der Waals surface area (Å²) >= 11 is 5.53. The van der Waals surface area contributed by atoms with Gasteiger partial charge < -0.3 is 4.48 Å². The molecule has 1 aromatic rings. The van der Waals surface area contributed by atoms with Crippen LogP contribution in [0.5, 0.6) is 0 Å². The molecule has 98 valence electrons. The van der Waals surface area contributed by atoms with E-state index >= 15 is 0 Å². The summed E-state index contributed by atoms with van der Waals surface area (Å²) in [6, 6.07) is 9.96. The van der Waals surface area contributed by atoms with Crippen LogP contribution in [0.3, 0.4) is 0 Å². The number of nitrogens with zero attached hydrogens (tertiary/aromatic N) is 1. The van der Waals surface area contributed by atoms with Gasteiger partial charge in [0.2, 0.25) is 0 Å². The zero-order valence-electron chi connectivity index (χ0n) is 11.7. The molecule has 0 heterocycles. The first-order valence-corrected chi connectivity index (χ1v) is 7.16. The highest BCUT2D eigenvalue weighted by Crippen LogP contribution is 2.03. The van der Waals surface area contributed by atoms with Crippen molar-refractivity contribution in [3.8, 4) is 0 Å². The lowest BCUT2D eigenvalue weighted by molar-refractivity contribution is -0.921. The maximum Gasteiger partial charge on any atom is 0.0757 e. The zero-order valence-corrected chi connectivity index (χ0v) is 12.5. The molecule has 0 aliphatic rings. The topological polar surface area (TPSA) is 0 Å². The van der Waals surface area contributed by atoms with Gasteiger partial charge in [-0.25, -0.2) is 0 Å². The van der Waals surface area contributed by atoms with Crippen molar-refractivity contribution in [2.24, 2.45) is 0 Å². The van der Waals surface area contributed by atoms with Crippen molar-refractivity contribution in [2.75, 3.05) is 26.2 Å². The van der Waals surface area contributed by atoms with E-state index in [1.807, 2.05) is 30.3 Å². The van der Waals surface area contributed by atoms with Crippen LogP contribution < -0.4 is 0 Å². The molecule has 0 saturated carbocycles. The van der Waals surface area contributed by atoms with E-state index in [0.717, 1.165) is 0 Å². The summed E-state index contributed by atoms with van der Waals surface area (Å²) in [5.41, 5.74) is 1.18. The first-order valence-electron chi connectivity index (χ1n) is 6.62. The van der Waals surface area contributed by atoms with Gasteiger partial charge in [0.05, 0.1) is 26.2 Å². The van der Waals surface area contributed by atoms with Crippen LogP contribution in [-0.2, 0) is 5.88 Å². The molecule has 0 radical (unpaired) electrons. The van der Waals surface area contributed by atoms with Crippen LogP contribution in [0, 0.1) is 0 Å². The SMILES string of the molecule is CC[N+](CC)(CC)CC.ClCc1ccccc1. The third kappa shape index (κ3) is 6.09. The number of hydrogen-bond donors (Lipinski definition) is 0. The maximum atomic E-state index is 5.53. The fraction of sp³-hybridized carbons (Fsp3) is 0.600. The normalized spacial score (nSPS) is 10.6. The number of halogens is 1. The van der Waals surface area contributed by atoms with Crippen molar-refractivity contribution in [1.29, 1.82) is 0 Å². The van der Waals surface area contributed by atoms with Gasteiger partial charge in [-0.1, -0.05) is 30.3 Å². The number of benzene rings is 1. The molecule has 0 amide bonds. The third-order valence-electron chi connectivity index (χ3n) is 3.68. The predicted octanol–water partition coefficient (Wildman–Crippen LogP) is 4.31. The zero-order chi connectivity index (χ0) is 13.1. The third-order valence-corrected chi connectivity index (χ3v) is 3.99. The van der Waals surface area contributed by atoms with Crippen LogP contribution >= 0.6 is 11.6 Å². The predicted molar refractivity (Wildman–Crippen MR) is 78.4 cm³/mol. The summed E-state index contributed by atoms with van der Waals surface area (Å²) in [5.74, 6) is 0.612. The minimum absolute atomic E-state index is 0.612. The van der Waals surface area contributed by atoms with E-state index in [-0.39, 0.29) is 0 Å². The molecular weight excluding hydrogens is 230 g/mol. The van der Waals surface area contributed by atoms with Gasteiger partial charge in [-0.15, -0.1) is 11.6 Å². The Morgan fingerprint density at radius 3 is 1.41 bits per heavy atom. The largest absolute Gasteiger partial charge is 0.325 e. The summed E-state index contributed by atoms with van der Waals surface area (Å²) in [6.45, 7) is 14.2. The molecule has 1 rings (SSSR count). The van der Waals surface area contributed by atoms with Gasteiger partial charge >= 0.3 is 0 Å². The Morgan fingerprint density at radius 2 is 1.24 bits per heavy atom. The molecule has 0 unspecified atom stereocenters. The number of hydrogen-bond acceptors (Lipinski definition) is 0. The lowest BCUT2D eigenvalue weighted by Gasteiger charge is -2.34. The Hall–Kier alpha value is -0.530. The van der Waals surface area contributed by atoms with Crippen LogP contribution in [0.25, 0.3) is 0 Å². The van der Waals surface area contributed by atoms with E-state index in [9.17, 15) is 0 Å². The van der Waals surface area contributed by atoms with Crippen molar-refractivity contribution in [3.63, 3.8) is 0 Å². The molecule has 0 atom stereocenters. The Bertz CT molecular complexity index is 250. The second-order valence-corrected chi connectivity index (χ2v) is 4.49. The molecule has 2 heteroatoms. The Balaban J connectivity index is 0.000000302. The van der Waals surface area contributed by atoms with Gasteiger partial charge in [0.15, 0.2) is 0 Å². The van der Waals surface area contributed by atoms with Gasteiger partial charge in [0, 0.05) is 5.88 Å². The summed E-state index contributed by atoms with van der Waals surface area (Å²) in [4.78, 5) is 0. The highest BCUT2D eigenvalue weighted by Gasteiger charge is 2.16. The van der Waals surface area contributed by atoms with Crippen LogP contribution in [-0.4, -0.2) is 30.7 Å². The fourth-order valence-corrected chi connectivity index (χ4v) is 2.09. The average molecular weight is 257 g/mol. The number of rotatable bonds is 5. The Labute approximate surface area is 112 Å². The number of quaternary nitrogens is 1. The second-order valence-electron chi connectivity index (χ2n) is 4.23. The molecule has 0 aromatic heterocycles. The molecule has 1 aromatic carbocycles. The molecular formula is C15H27ClN+. The Morgan fingerprint density at radius 1 is 0.824 bits per heavy atom. The molecule has 0 fully saturated rings. The molecule has 0 aliphatic heterocycles. The van der Waals surface area contributed by atoms with Crippen LogP contribution in [0.15, 0.2) is 30.3 Å². The van der Waals surface area contributed by atoms with E-state index in [1.54, 1.807) is 0 Å². The average Bonchev–Trinajstić information content (AvgIpc) is 2.44. The van der Waals surface area contributed by atoms with Gasteiger partial charge in [0.25, 0.3) is 0 Å². The lowest BCUT2D eigenvalue weighted by Crippen LogP contribution is -2.47. The second kappa shape index (κ2) is 9.49. The van der Waals surface area contributed by atoms with Gasteiger partial charge in [-0.2, -0.15) is 0 Å². The van der Waals surface area contributed by atoms with Crippen LogP contribution in [0.4, 0.5) is 0 Å². The summed E-state index contributed by atoms with van der Waals surface area (Å²) < 4.78 is 1.28. The molecule has 17 heavy (non-hydrogen) atoms. The van der Waals surface area contributed by atoms with Gasteiger partial charge in [-0.3, -0.25) is 0 Å². The first kappa shape index (κ1) is 16.5. The minimum atomic E-state index is 0.612. The number of alkyl halides is 1. The summed E-state index contributed by atoms with van der Waals surface area (Å²) in [5, 5.41) is 0. The maximum absolute atomic E-state index is 5.53. The molecule has 0 bridgehead atoms. The first-order chi connectivity index (χ1) is 8.17. The monoisotopic (exact) mass is 256 g/mol. The van der Waals surface area contributed by atoms with Crippen molar-refractivity contribution in [2.45, 2.75) is 33.6 Å². The fourth-order valence-electron chi connectivity index (χ4n) is 1.91. The summed E-state index contributed by atoms with van der Waals surface area (Å²) in [7, 11) is 0. The molecule has 0 aliphatic carbocycles. The van der Waals surface area contributed by atoms with Crippen LogP contribution in [0.1, 0.15) is 33.3 Å². The quantitative estimate of drug-likeness (QED) is 0.544. The highest BCUT2D eigenvalue weighted by atomic mass is 35.5. The van der Waals surface area contributed by atoms with Crippen molar-refractivity contribution in [3.05, 3.63) is 35.9 Å². The van der Waals surface area contributed by atoms with Gasteiger partial charge in [0.1, 0.15) is 0 Å². The van der Waals surface area contributed by atoms with E-state index in [2.05, 4.69) is 27.7 Å². The van der Waals surface area contributed by atoms with E-state index < -0.39 is 0 Å². The van der Waals surface area contributed by atoms with Crippen molar-refractivity contribution >= 4 is 11.6 Å². The Kier molecular flexibility index (Phi) is 9.20. The molecule has 0 saturated heterocycles. The summed E-state index contributed by atoms with van der Waals surface area (Å²) in [6.07, 6.45) is 0. The lowest BCUT2D eigenvalue weighted by atomic mass is 10.2. The van der Waals surface area contributed by atoms with E-state index in [4.69, 9.17) is 11.6 Å². The highest BCUT2D eigenvalue weighted by molar-refractivity contribution is 6.17. The smallest absolute Gasteiger partial charge is 0.0757 e. The molecule has 1 nitrogen and oxygen atoms in total. The van der Waals surface area contributed by atoms with E-state index in [0.29, 0.717) is 5.88 Å². The van der Waals surface area contributed by atoms with Crippen LogP contribution in [0.2, 0.25) is 0 Å². The van der Waals surface area contributed by atoms with Crippen molar-refractivity contribution < 1.29 is 4.48 Å².